The van der Waals surface area contributed by atoms with Crippen molar-refractivity contribution < 1.29 is 9.59 Å². The van der Waals surface area contributed by atoms with Gasteiger partial charge in [-0.25, -0.2) is 4.98 Å². The predicted molar refractivity (Wildman–Crippen MR) is 105 cm³/mol. The van der Waals surface area contributed by atoms with Gasteiger partial charge >= 0.3 is 0 Å². The number of imidazole rings is 1. The first-order valence-corrected chi connectivity index (χ1v) is 9.37. The molecule has 0 spiro atoms. The average Bonchev–Trinajstić information content (AvgIpc) is 3.26. The van der Waals surface area contributed by atoms with Crippen molar-refractivity contribution in [1.29, 1.82) is 0 Å². The zero-order chi connectivity index (χ0) is 19.3. The maximum atomic E-state index is 12.8. The van der Waals surface area contributed by atoms with Crippen LogP contribution < -0.4 is 11.1 Å². The highest BCUT2D eigenvalue weighted by molar-refractivity contribution is 7.17. The lowest BCUT2D eigenvalue weighted by molar-refractivity contribution is 0.0931. The van der Waals surface area contributed by atoms with E-state index in [4.69, 9.17) is 17.3 Å². The van der Waals surface area contributed by atoms with Crippen molar-refractivity contribution in [3.63, 3.8) is 0 Å². The SMILES string of the molecule is CC(NC(=O)c1cc2ccc(Cl)cc2n1C)c1cn2cc(C(N)=O)nc2s1. The van der Waals surface area contributed by atoms with Crippen LogP contribution in [0.5, 0.6) is 0 Å². The van der Waals surface area contributed by atoms with Crippen molar-refractivity contribution in [2.75, 3.05) is 0 Å². The number of carbonyl (C=O) groups excluding carboxylic acids is 2. The van der Waals surface area contributed by atoms with Gasteiger partial charge in [0, 0.05) is 40.2 Å². The molecule has 138 valence electrons. The van der Waals surface area contributed by atoms with Crippen molar-refractivity contribution in [2.24, 2.45) is 12.8 Å². The Kier molecular flexibility index (Phi) is 4.16. The Morgan fingerprint density at radius 3 is 2.78 bits per heavy atom. The first-order valence-electron chi connectivity index (χ1n) is 8.17. The maximum absolute atomic E-state index is 12.8. The smallest absolute Gasteiger partial charge is 0.268 e. The number of aromatic nitrogens is 3. The number of hydrogen-bond acceptors (Lipinski definition) is 4. The van der Waals surface area contributed by atoms with E-state index in [-0.39, 0.29) is 17.6 Å². The number of thiazole rings is 1. The summed E-state index contributed by atoms with van der Waals surface area (Å²) in [5.41, 5.74) is 6.91. The monoisotopic (exact) mass is 401 g/mol. The number of fused-ring (bicyclic) bond motifs is 2. The minimum absolute atomic E-state index is 0.179. The Balaban J connectivity index is 1.58. The number of nitrogens with two attached hydrogens (primary N) is 1. The van der Waals surface area contributed by atoms with Crippen LogP contribution in [0.1, 0.15) is 38.8 Å². The molecule has 3 heterocycles. The maximum Gasteiger partial charge on any atom is 0.268 e. The Morgan fingerprint density at radius 1 is 1.30 bits per heavy atom. The third kappa shape index (κ3) is 3.07. The fourth-order valence-electron chi connectivity index (χ4n) is 3.00. The first kappa shape index (κ1) is 17.6. The molecule has 2 amide bonds. The van der Waals surface area contributed by atoms with Gasteiger partial charge < -0.3 is 15.6 Å². The zero-order valence-corrected chi connectivity index (χ0v) is 16.1. The van der Waals surface area contributed by atoms with E-state index in [1.165, 1.54) is 11.3 Å². The van der Waals surface area contributed by atoms with Gasteiger partial charge in [-0.05, 0) is 25.1 Å². The van der Waals surface area contributed by atoms with Crippen molar-refractivity contribution in [1.82, 2.24) is 19.3 Å². The average molecular weight is 402 g/mol. The fraction of sp³-hybridized carbons (Fsp3) is 0.167. The third-order valence-corrected chi connectivity index (χ3v) is 5.86. The lowest BCUT2D eigenvalue weighted by Crippen LogP contribution is -2.27. The standard InChI is InChI=1S/C18H16ClN5O2S/c1-9(15-8-24-7-12(16(20)25)22-18(24)27-15)21-17(26)14-5-10-3-4-11(19)6-13(10)23(14)2/h3-9H,1-2H3,(H2,20,25)(H,21,26). The summed E-state index contributed by atoms with van der Waals surface area (Å²) in [7, 11) is 1.84. The summed E-state index contributed by atoms with van der Waals surface area (Å²) in [6.45, 7) is 1.90. The molecule has 27 heavy (non-hydrogen) atoms. The molecule has 3 aromatic heterocycles. The number of amides is 2. The minimum atomic E-state index is -0.565. The normalized spacial score (nSPS) is 12.6. The van der Waals surface area contributed by atoms with Crippen molar-refractivity contribution >= 4 is 50.6 Å². The van der Waals surface area contributed by atoms with Crippen LogP contribution in [0.3, 0.4) is 0 Å². The summed E-state index contributed by atoms with van der Waals surface area (Å²) in [6.07, 6.45) is 3.42. The second kappa shape index (κ2) is 6.40. The number of primary amides is 1. The molecule has 0 saturated heterocycles. The number of aryl methyl sites for hydroxylation is 1. The molecular formula is C18H16ClN5O2S. The highest BCUT2D eigenvalue weighted by Gasteiger charge is 2.19. The summed E-state index contributed by atoms with van der Waals surface area (Å²) in [4.78, 5) is 29.7. The quantitative estimate of drug-likeness (QED) is 0.550. The van der Waals surface area contributed by atoms with Gasteiger partial charge in [-0.15, -0.1) is 0 Å². The fourth-order valence-corrected chi connectivity index (χ4v) is 4.13. The van der Waals surface area contributed by atoms with E-state index in [2.05, 4.69) is 10.3 Å². The van der Waals surface area contributed by atoms with Crippen LogP contribution in [0.15, 0.2) is 36.7 Å². The Hall–Kier alpha value is -2.84. The molecule has 1 unspecified atom stereocenters. The van der Waals surface area contributed by atoms with Crippen molar-refractivity contribution in [3.8, 4) is 0 Å². The molecule has 0 bridgehead atoms. The molecule has 0 aliphatic carbocycles. The molecule has 7 nitrogen and oxygen atoms in total. The van der Waals surface area contributed by atoms with Gasteiger partial charge in [-0.2, -0.15) is 0 Å². The third-order valence-electron chi connectivity index (χ3n) is 4.44. The number of halogens is 1. The van der Waals surface area contributed by atoms with Gasteiger partial charge in [0.15, 0.2) is 4.96 Å². The van der Waals surface area contributed by atoms with E-state index in [1.54, 1.807) is 16.7 Å². The second-order valence-electron chi connectivity index (χ2n) is 6.30. The summed E-state index contributed by atoms with van der Waals surface area (Å²) in [5.74, 6) is -0.745. The summed E-state index contributed by atoms with van der Waals surface area (Å²) in [5, 5.41) is 4.58. The Bertz CT molecular complexity index is 1170. The first-order chi connectivity index (χ1) is 12.8. The van der Waals surface area contributed by atoms with Crippen LogP contribution in [0, 0.1) is 0 Å². The van der Waals surface area contributed by atoms with Gasteiger partial charge in [0.25, 0.3) is 11.8 Å². The highest BCUT2D eigenvalue weighted by atomic mass is 35.5. The topological polar surface area (TPSA) is 94.4 Å². The minimum Gasteiger partial charge on any atom is -0.364 e. The molecule has 1 atom stereocenters. The van der Waals surface area contributed by atoms with Crippen LogP contribution in [0.25, 0.3) is 15.9 Å². The number of carbonyl (C=O) groups is 2. The van der Waals surface area contributed by atoms with Crippen LogP contribution in [-0.4, -0.2) is 25.8 Å². The molecule has 0 fully saturated rings. The van der Waals surface area contributed by atoms with E-state index >= 15 is 0 Å². The van der Waals surface area contributed by atoms with E-state index in [0.29, 0.717) is 15.7 Å². The molecule has 0 aliphatic rings. The molecule has 0 radical (unpaired) electrons. The lowest BCUT2D eigenvalue weighted by atomic mass is 10.2. The van der Waals surface area contributed by atoms with Crippen LogP contribution in [0.2, 0.25) is 5.02 Å². The molecule has 0 saturated carbocycles. The Labute approximate surface area is 163 Å². The van der Waals surface area contributed by atoms with Crippen LogP contribution in [0.4, 0.5) is 0 Å². The number of nitrogens with zero attached hydrogens (tertiary/aromatic N) is 3. The van der Waals surface area contributed by atoms with Crippen LogP contribution in [-0.2, 0) is 7.05 Å². The van der Waals surface area contributed by atoms with Crippen molar-refractivity contribution in [2.45, 2.75) is 13.0 Å². The molecule has 0 aliphatic heterocycles. The van der Waals surface area contributed by atoms with E-state index in [9.17, 15) is 9.59 Å². The Morgan fingerprint density at radius 2 is 2.07 bits per heavy atom. The lowest BCUT2D eigenvalue weighted by Gasteiger charge is -2.12. The molecular weight excluding hydrogens is 386 g/mol. The molecule has 1 aromatic carbocycles. The van der Waals surface area contributed by atoms with Crippen LogP contribution >= 0.6 is 22.9 Å². The summed E-state index contributed by atoms with van der Waals surface area (Å²) < 4.78 is 3.56. The zero-order valence-electron chi connectivity index (χ0n) is 14.6. The van der Waals surface area contributed by atoms with Crippen molar-refractivity contribution in [3.05, 3.63) is 57.9 Å². The van der Waals surface area contributed by atoms with Gasteiger partial charge in [0.1, 0.15) is 11.4 Å². The van der Waals surface area contributed by atoms with E-state index < -0.39 is 5.91 Å². The van der Waals surface area contributed by atoms with E-state index in [1.807, 2.05) is 42.9 Å². The number of rotatable bonds is 4. The molecule has 9 heteroatoms. The highest BCUT2D eigenvalue weighted by Crippen LogP contribution is 2.26. The summed E-state index contributed by atoms with van der Waals surface area (Å²) in [6, 6.07) is 7.15. The molecule has 4 rings (SSSR count). The van der Waals surface area contributed by atoms with E-state index in [0.717, 1.165) is 15.8 Å². The largest absolute Gasteiger partial charge is 0.364 e. The number of hydrogen-bond donors (Lipinski definition) is 2. The molecule has 3 N–H and O–H groups in total. The van der Waals surface area contributed by atoms with Gasteiger partial charge in [0.05, 0.1) is 6.04 Å². The number of nitrogens with one attached hydrogen (secondary N) is 1. The molecule has 4 aromatic rings. The predicted octanol–water partition coefficient (Wildman–Crippen LogP) is 3.13. The number of benzene rings is 1. The van der Waals surface area contributed by atoms with Gasteiger partial charge in [0.2, 0.25) is 0 Å². The van der Waals surface area contributed by atoms with Gasteiger partial charge in [-0.3, -0.25) is 14.0 Å². The second-order valence-corrected chi connectivity index (χ2v) is 7.78. The van der Waals surface area contributed by atoms with Gasteiger partial charge in [-0.1, -0.05) is 29.0 Å². The summed E-state index contributed by atoms with van der Waals surface area (Å²) >= 11 is 7.45.